The van der Waals surface area contributed by atoms with E-state index >= 15 is 0 Å². The highest BCUT2D eigenvalue weighted by molar-refractivity contribution is 5.77. The third kappa shape index (κ3) is 0.736. The molecule has 3 aliphatic rings. The Balaban J connectivity index is 2.02. The van der Waals surface area contributed by atoms with Crippen molar-refractivity contribution in [3.63, 3.8) is 0 Å². The van der Waals surface area contributed by atoms with Gasteiger partial charge >= 0.3 is 5.97 Å². The molecule has 1 unspecified atom stereocenters. The molecule has 0 amide bonds. The van der Waals surface area contributed by atoms with Crippen LogP contribution in [0.15, 0.2) is 0 Å². The smallest absolute Gasteiger partial charge is 0.321 e. The number of nitrogens with one attached hydrogen (secondary N) is 1. The van der Waals surface area contributed by atoms with Crippen molar-refractivity contribution >= 4 is 5.97 Å². The summed E-state index contributed by atoms with van der Waals surface area (Å²) >= 11 is 0. The van der Waals surface area contributed by atoms with Gasteiger partial charge in [-0.1, -0.05) is 0 Å². The van der Waals surface area contributed by atoms with Crippen LogP contribution in [0.3, 0.4) is 0 Å². The van der Waals surface area contributed by atoms with Gasteiger partial charge in [0.1, 0.15) is 6.04 Å². The lowest BCUT2D eigenvalue weighted by Gasteiger charge is -2.44. The van der Waals surface area contributed by atoms with Crippen molar-refractivity contribution in [2.24, 2.45) is 5.92 Å². The second-order valence-electron chi connectivity index (χ2n) is 3.11. The van der Waals surface area contributed by atoms with Crippen molar-refractivity contribution in [3.05, 3.63) is 5.92 Å². The van der Waals surface area contributed by atoms with Crippen LogP contribution in [-0.2, 0) is 4.79 Å². The van der Waals surface area contributed by atoms with Crippen LogP contribution in [0.2, 0.25) is 0 Å². The molecule has 1 saturated carbocycles. The maximum Gasteiger partial charge on any atom is 0.321 e. The molecule has 0 aromatic rings. The van der Waals surface area contributed by atoms with Gasteiger partial charge in [-0.25, -0.2) is 0 Å². The van der Waals surface area contributed by atoms with Gasteiger partial charge < -0.3 is 10.4 Å². The summed E-state index contributed by atoms with van der Waals surface area (Å²) in [7, 11) is 0. The summed E-state index contributed by atoms with van der Waals surface area (Å²) in [5.74, 6) is 1.21. The third-order valence-corrected chi connectivity index (χ3v) is 2.37. The Morgan fingerprint density at radius 1 is 1.60 bits per heavy atom. The zero-order chi connectivity index (χ0) is 7.14. The van der Waals surface area contributed by atoms with Crippen molar-refractivity contribution in [1.82, 2.24) is 5.32 Å². The molecule has 1 atom stereocenters. The molecule has 1 radical (unpaired) electrons. The number of carbonyl (C=O) groups is 1. The van der Waals surface area contributed by atoms with Gasteiger partial charge in [0.2, 0.25) is 0 Å². The molecule has 55 valence electrons. The molecule has 0 aromatic carbocycles. The molecule has 0 spiro atoms. The van der Waals surface area contributed by atoms with E-state index in [0.29, 0.717) is 0 Å². The number of fused-ring (bicyclic) bond motifs is 2. The number of piperidine rings is 2. The van der Waals surface area contributed by atoms with Gasteiger partial charge in [0.05, 0.1) is 0 Å². The molecule has 3 fully saturated rings. The summed E-state index contributed by atoms with van der Waals surface area (Å²) in [5.41, 5.74) is 0. The van der Waals surface area contributed by atoms with E-state index in [0.717, 1.165) is 25.3 Å². The van der Waals surface area contributed by atoms with Gasteiger partial charge in [0.15, 0.2) is 0 Å². The highest BCUT2D eigenvalue weighted by Crippen LogP contribution is 2.41. The van der Waals surface area contributed by atoms with Gasteiger partial charge in [0, 0.05) is 5.92 Å². The molecule has 0 aromatic heterocycles. The molecule has 10 heavy (non-hydrogen) atoms. The van der Waals surface area contributed by atoms with E-state index in [-0.39, 0.29) is 6.04 Å². The third-order valence-electron chi connectivity index (χ3n) is 2.37. The molecule has 2 aliphatic heterocycles. The van der Waals surface area contributed by atoms with Crippen molar-refractivity contribution in [3.8, 4) is 0 Å². The Kier molecular flexibility index (Phi) is 1.20. The van der Waals surface area contributed by atoms with E-state index in [1.54, 1.807) is 0 Å². The lowest BCUT2D eigenvalue weighted by atomic mass is 9.68. The lowest BCUT2D eigenvalue weighted by molar-refractivity contribution is -0.140. The SMILES string of the molecule is O=C(O)C1NCC2C[C]1C2. The predicted octanol–water partition coefficient (Wildman–Crippen LogP) is 0.0273. The second-order valence-corrected chi connectivity index (χ2v) is 3.11. The number of hydrogen-bond acceptors (Lipinski definition) is 2. The first-order valence-corrected chi connectivity index (χ1v) is 3.58. The van der Waals surface area contributed by atoms with E-state index in [1.807, 2.05) is 0 Å². The van der Waals surface area contributed by atoms with E-state index in [4.69, 9.17) is 5.11 Å². The Morgan fingerprint density at radius 2 is 2.30 bits per heavy atom. The molecule has 3 nitrogen and oxygen atoms in total. The molecule has 2 bridgehead atoms. The number of hydrogen-bond donors (Lipinski definition) is 2. The normalized spacial score (nSPS) is 38.8. The summed E-state index contributed by atoms with van der Waals surface area (Å²) < 4.78 is 0. The molecule has 3 rings (SSSR count). The van der Waals surface area contributed by atoms with Gasteiger partial charge in [-0.15, -0.1) is 0 Å². The zero-order valence-electron chi connectivity index (χ0n) is 5.63. The van der Waals surface area contributed by atoms with Crippen molar-refractivity contribution in [2.45, 2.75) is 18.9 Å². The minimum Gasteiger partial charge on any atom is -0.480 e. The van der Waals surface area contributed by atoms with Crippen LogP contribution in [0.5, 0.6) is 0 Å². The minimum atomic E-state index is -0.715. The first-order chi connectivity index (χ1) is 4.77. The van der Waals surface area contributed by atoms with Crippen molar-refractivity contribution in [2.75, 3.05) is 6.54 Å². The highest BCUT2D eigenvalue weighted by atomic mass is 16.4. The van der Waals surface area contributed by atoms with Crippen molar-refractivity contribution in [1.29, 1.82) is 0 Å². The summed E-state index contributed by atoms with van der Waals surface area (Å²) in [4.78, 5) is 10.5. The Labute approximate surface area is 59.4 Å². The molecular formula is C7H10NO2. The second kappa shape index (κ2) is 1.95. The number of aliphatic carboxylic acids is 1. The van der Waals surface area contributed by atoms with E-state index in [9.17, 15) is 4.79 Å². The number of carboxylic acids is 1. The Hall–Kier alpha value is -0.570. The summed E-state index contributed by atoms with van der Waals surface area (Å²) in [6.45, 7) is 0.889. The first-order valence-electron chi connectivity index (χ1n) is 3.58. The summed E-state index contributed by atoms with van der Waals surface area (Å²) in [6.07, 6.45) is 2.09. The van der Waals surface area contributed by atoms with E-state index < -0.39 is 5.97 Å². The first kappa shape index (κ1) is 6.16. The van der Waals surface area contributed by atoms with E-state index in [1.165, 1.54) is 5.92 Å². The quantitative estimate of drug-likeness (QED) is 0.540. The molecular weight excluding hydrogens is 130 g/mol. The molecule has 3 heteroatoms. The highest BCUT2D eigenvalue weighted by Gasteiger charge is 2.43. The topological polar surface area (TPSA) is 49.3 Å². The number of carboxylic acid groups (broad SMARTS) is 1. The average Bonchev–Trinajstić information content (AvgIpc) is 1.86. The van der Waals surface area contributed by atoms with Crippen LogP contribution in [0.1, 0.15) is 12.8 Å². The standard InChI is InChI=1S/C7H10NO2/c9-7(10)6-5-1-4(2-5)3-8-6/h4,6,8H,1-3H2,(H,9,10). The average molecular weight is 140 g/mol. The zero-order valence-corrected chi connectivity index (χ0v) is 5.63. The maximum atomic E-state index is 10.5. The fourth-order valence-corrected chi connectivity index (χ4v) is 1.75. The van der Waals surface area contributed by atoms with Crippen LogP contribution in [0.4, 0.5) is 0 Å². The molecule has 2 N–H and O–H groups in total. The fraction of sp³-hybridized carbons (Fsp3) is 0.714. The molecule has 2 heterocycles. The van der Waals surface area contributed by atoms with Crippen LogP contribution in [0, 0.1) is 11.8 Å². The van der Waals surface area contributed by atoms with Crippen LogP contribution in [0.25, 0.3) is 0 Å². The Bertz CT molecular complexity index is 160. The van der Waals surface area contributed by atoms with Crippen molar-refractivity contribution < 1.29 is 9.90 Å². The van der Waals surface area contributed by atoms with Gasteiger partial charge in [-0.3, -0.25) is 4.79 Å². The largest absolute Gasteiger partial charge is 0.480 e. The number of rotatable bonds is 1. The van der Waals surface area contributed by atoms with Gasteiger partial charge in [0.25, 0.3) is 0 Å². The predicted molar refractivity (Wildman–Crippen MR) is 35.4 cm³/mol. The minimum absolute atomic E-state index is 0.329. The van der Waals surface area contributed by atoms with Crippen LogP contribution in [-0.4, -0.2) is 23.7 Å². The summed E-state index contributed by atoms with van der Waals surface area (Å²) in [6, 6.07) is -0.329. The van der Waals surface area contributed by atoms with Gasteiger partial charge in [-0.2, -0.15) is 0 Å². The van der Waals surface area contributed by atoms with Crippen LogP contribution < -0.4 is 5.32 Å². The van der Waals surface area contributed by atoms with E-state index in [2.05, 4.69) is 5.32 Å². The monoisotopic (exact) mass is 140 g/mol. The van der Waals surface area contributed by atoms with Crippen LogP contribution >= 0.6 is 0 Å². The fourth-order valence-electron chi connectivity index (χ4n) is 1.75. The Morgan fingerprint density at radius 3 is 2.60 bits per heavy atom. The maximum absolute atomic E-state index is 10.5. The van der Waals surface area contributed by atoms with Gasteiger partial charge in [-0.05, 0) is 25.3 Å². The molecule has 1 aliphatic carbocycles. The summed E-state index contributed by atoms with van der Waals surface area (Å²) in [5, 5.41) is 11.6. The lowest BCUT2D eigenvalue weighted by Crippen LogP contribution is -2.55. The molecule has 2 saturated heterocycles.